The van der Waals surface area contributed by atoms with Gasteiger partial charge in [0.15, 0.2) is 0 Å². The minimum Gasteiger partial charge on any atom is -0.478 e. The second-order valence-electron chi connectivity index (χ2n) is 2.75. The van der Waals surface area contributed by atoms with Gasteiger partial charge in [0, 0.05) is 5.57 Å². The van der Waals surface area contributed by atoms with Crippen molar-refractivity contribution in [3.05, 3.63) is 23.3 Å². The number of carbonyl (C=O) groups is 1. The Hall–Kier alpha value is -1.05. The van der Waals surface area contributed by atoms with Crippen molar-refractivity contribution in [1.82, 2.24) is 0 Å². The number of hydrogen-bond acceptors (Lipinski definition) is 1. The Balaban J connectivity index is 4.00. The monoisotopic (exact) mass is 168 g/mol. The highest BCUT2D eigenvalue weighted by Crippen LogP contribution is 2.10. The fourth-order valence-electron chi connectivity index (χ4n) is 0.851. The smallest absolute Gasteiger partial charge is 0.331 e. The molecular weight excluding hydrogens is 152 g/mol. The Labute approximate surface area is 73.6 Å². The van der Waals surface area contributed by atoms with Gasteiger partial charge in [-0.1, -0.05) is 17.7 Å². The average Bonchev–Trinajstić information content (AvgIpc) is 2.04. The highest BCUT2D eigenvalue weighted by atomic mass is 16.4. The van der Waals surface area contributed by atoms with Crippen LogP contribution in [0, 0.1) is 0 Å². The van der Waals surface area contributed by atoms with Crippen LogP contribution in [0.1, 0.15) is 33.6 Å². The minimum atomic E-state index is -0.804. The summed E-state index contributed by atoms with van der Waals surface area (Å²) >= 11 is 0. The molecule has 0 amide bonds. The summed E-state index contributed by atoms with van der Waals surface area (Å²) in [5.41, 5.74) is 1.73. The van der Waals surface area contributed by atoms with Gasteiger partial charge in [-0.3, -0.25) is 0 Å². The summed E-state index contributed by atoms with van der Waals surface area (Å²) in [6, 6.07) is 0. The van der Waals surface area contributed by atoms with Gasteiger partial charge in [0.25, 0.3) is 0 Å². The summed E-state index contributed by atoms with van der Waals surface area (Å²) in [6.45, 7) is 5.73. The maximum absolute atomic E-state index is 10.5. The van der Waals surface area contributed by atoms with Gasteiger partial charge in [0.05, 0.1) is 0 Å². The molecule has 1 N–H and O–H groups in total. The van der Waals surface area contributed by atoms with E-state index < -0.39 is 5.97 Å². The summed E-state index contributed by atoms with van der Waals surface area (Å²) in [5.74, 6) is -0.804. The SMILES string of the molecule is CC=C(C)CCC(=CC)C(=O)O. The molecule has 0 radical (unpaired) electrons. The minimum absolute atomic E-state index is 0.496. The van der Waals surface area contributed by atoms with Crippen LogP contribution in [0.2, 0.25) is 0 Å². The van der Waals surface area contributed by atoms with Crippen LogP contribution in [0.15, 0.2) is 23.3 Å². The highest BCUT2D eigenvalue weighted by molar-refractivity contribution is 5.86. The van der Waals surface area contributed by atoms with E-state index in [1.807, 2.05) is 19.9 Å². The van der Waals surface area contributed by atoms with E-state index in [4.69, 9.17) is 5.11 Å². The lowest BCUT2D eigenvalue weighted by atomic mass is 10.1. The maximum Gasteiger partial charge on any atom is 0.331 e. The van der Waals surface area contributed by atoms with Crippen LogP contribution in [-0.2, 0) is 4.79 Å². The Morgan fingerprint density at radius 1 is 1.25 bits per heavy atom. The summed E-state index contributed by atoms with van der Waals surface area (Å²) in [7, 11) is 0. The molecule has 0 aliphatic heterocycles. The summed E-state index contributed by atoms with van der Waals surface area (Å²) < 4.78 is 0. The van der Waals surface area contributed by atoms with Gasteiger partial charge in [0.1, 0.15) is 0 Å². The zero-order valence-corrected chi connectivity index (χ0v) is 7.92. The fraction of sp³-hybridized carbons (Fsp3) is 0.500. The van der Waals surface area contributed by atoms with Gasteiger partial charge >= 0.3 is 5.97 Å². The number of hydrogen-bond donors (Lipinski definition) is 1. The Morgan fingerprint density at radius 3 is 2.17 bits per heavy atom. The van der Waals surface area contributed by atoms with Crippen molar-refractivity contribution < 1.29 is 9.90 Å². The van der Waals surface area contributed by atoms with Crippen molar-refractivity contribution in [1.29, 1.82) is 0 Å². The van der Waals surface area contributed by atoms with Gasteiger partial charge in [-0.2, -0.15) is 0 Å². The molecule has 68 valence electrons. The molecule has 0 aromatic heterocycles. The number of carboxylic acid groups (broad SMARTS) is 1. The normalized spacial score (nSPS) is 13.2. The van der Waals surface area contributed by atoms with Crippen molar-refractivity contribution in [2.24, 2.45) is 0 Å². The van der Waals surface area contributed by atoms with Crippen LogP contribution in [0.25, 0.3) is 0 Å². The molecule has 0 fully saturated rings. The highest BCUT2D eigenvalue weighted by Gasteiger charge is 2.04. The molecule has 0 atom stereocenters. The van der Waals surface area contributed by atoms with Crippen molar-refractivity contribution in [2.75, 3.05) is 0 Å². The molecule has 12 heavy (non-hydrogen) atoms. The predicted octanol–water partition coefficient (Wildman–Crippen LogP) is 2.76. The molecule has 0 heterocycles. The Kier molecular flexibility index (Phi) is 5.09. The van der Waals surface area contributed by atoms with E-state index in [1.165, 1.54) is 5.57 Å². The third-order valence-electron chi connectivity index (χ3n) is 1.90. The van der Waals surface area contributed by atoms with Crippen LogP contribution in [0.5, 0.6) is 0 Å². The predicted molar refractivity (Wildman–Crippen MR) is 50.1 cm³/mol. The Bertz CT molecular complexity index is 212. The third-order valence-corrected chi connectivity index (χ3v) is 1.90. The first-order chi connectivity index (χ1) is 5.61. The topological polar surface area (TPSA) is 37.3 Å². The fourth-order valence-corrected chi connectivity index (χ4v) is 0.851. The molecule has 2 nitrogen and oxygen atoms in total. The molecule has 0 aromatic carbocycles. The standard InChI is InChI=1S/C10H16O2/c1-4-8(3)6-7-9(5-2)10(11)12/h4-5H,6-7H2,1-3H3,(H,11,12). The molecular formula is C10H16O2. The van der Waals surface area contributed by atoms with Crippen LogP contribution < -0.4 is 0 Å². The molecule has 0 unspecified atom stereocenters. The second kappa shape index (κ2) is 5.58. The molecule has 0 aliphatic rings. The number of aliphatic carboxylic acids is 1. The van der Waals surface area contributed by atoms with Gasteiger partial charge in [-0.25, -0.2) is 4.79 Å². The first-order valence-corrected chi connectivity index (χ1v) is 4.12. The van der Waals surface area contributed by atoms with Crippen LogP contribution in [0.3, 0.4) is 0 Å². The molecule has 2 heteroatoms. The van der Waals surface area contributed by atoms with Gasteiger partial charge in [-0.05, 0) is 33.6 Å². The maximum atomic E-state index is 10.5. The number of rotatable bonds is 4. The van der Waals surface area contributed by atoms with E-state index in [9.17, 15) is 4.79 Å². The van der Waals surface area contributed by atoms with E-state index in [0.717, 1.165) is 6.42 Å². The Morgan fingerprint density at radius 2 is 1.83 bits per heavy atom. The molecule has 0 aromatic rings. The van der Waals surface area contributed by atoms with E-state index >= 15 is 0 Å². The zero-order chi connectivity index (χ0) is 9.56. The van der Waals surface area contributed by atoms with Crippen LogP contribution >= 0.6 is 0 Å². The number of carboxylic acids is 1. The average molecular weight is 168 g/mol. The lowest BCUT2D eigenvalue weighted by Crippen LogP contribution is -2.00. The third kappa shape index (κ3) is 3.96. The van der Waals surface area contributed by atoms with E-state index in [2.05, 4.69) is 0 Å². The first kappa shape index (κ1) is 11.0. The molecule has 0 spiro atoms. The summed E-state index contributed by atoms with van der Waals surface area (Å²) in [6.07, 6.45) is 5.13. The van der Waals surface area contributed by atoms with Gasteiger partial charge in [-0.15, -0.1) is 0 Å². The van der Waals surface area contributed by atoms with E-state index in [-0.39, 0.29) is 0 Å². The van der Waals surface area contributed by atoms with Crippen molar-refractivity contribution >= 4 is 5.97 Å². The van der Waals surface area contributed by atoms with E-state index in [0.29, 0.717) is 12.0 Å². The van der Waals surface area contributed by atoms with Crippen LogP contribution in [0.4, 0.5) is 0 Å². The number of allylic oxidation sites excluding steroid dienone is 3. The molecule has 0 saturated heterocycles. The van der Waals surface area contributed by atoms with Gasteiger partial charge in [0.2, 0.25) is 0 Å². The molecule has 0 rings (SSSR count). The molecule has 0 bridgehead atoms. The quantitative estimate of drug-likeness (QED) is 0.517. The molecule has 0 aliphatic carbocycles. The first-order valence-electron chi connectivity index (χ1n) is 4.12. The summed E-state index contributed by atoms with van der Waals surface area (Å²) in [4.78, 5) is 10.5. The largest absolute Gasteiger partial charge is 0.478 e. The zero-order valence-electron chi connectivity index (χ0n) is 7.92. The van der Waals surface area contributed by atoms with Crippen molar-refractivity contribution in [3.63, 3.8) is 0 Å². The van der Waals surface area contributed by atoms with Gasteiger partial charge < -0.3 is 5.11 Å². The summed E-state index contributed by atoms with van der Waals surface area (Å²) in [5, 5.41) is 8.67. The van der Waals surface area contributed by atoms with Crippen molar-refractivity contribution in [2.45, 2.75) is 33.6 Å². The lowest BCUT2D eigenvalue weighted by Gasteiger charge is -2.01. The van der Waals surface area contributed by atoms with E-state index in [1.54, 1.807) is 13.0 Å². The lowest BCUT2D eigenvalue weighted by molar-refractivity contribution is -0.132. The van der Waals surface area contributed by atoms with Crippen LogP contribution in [-0.4, -0.2) is 11.1 Å². The molecule has 0 saturated carbocycles. The second-order valence-corrected chi connectivity index (χ2v) is 2.75. The van der Waals surface area contributed by atoms with Crippen molar-refractivity contribution in [3.8, 4) is 0 Å².